The molecule has 2 aromatic heterocycles. The summed E-state index contributed by atoms with van der Waals surface area (Å²) in [6.45, 7) is 9.06. The molecule has 0 aromatic carbocycles. The first-order chi connectivity index (χ1) is 14.0. The number of likely N-dealkylation sites (tertiary alicyclic amines) is 1. The van der Waals surface area contributed by atoms with E-state index in [2.05, 4.69) is 10.3 Å². The number of pyridine rings is 1. The molecule has 0 aliphatic carbocycles. The molecule has 30 heavy (non-hydrogen) atoms. The van der Waals surface area contributed by atoms with Crippen LogP contribution in [-0.2, 0) is 6.42 Å². The molecule has 2 atom stereocenters. The minimum absolute atomic E-state index is 0.0947. The van der Waals surface area contributed by atoms with Crippen molar-refractivity contribution in [1.29, 1.82) is 0 Å². The van der Waals surface area contributed by atoms with Gasteiger partial charge in [0.1, 0.15) is 5.82 Å². The van der Waals surface area contributed by atoms with E-state index in [0.29, 0.717) is 48.0 Å². The third-order valence-corrected chi connectivity index (χ3v) is 6.19. The van der Waals surface area contributed by atoms with E-state index in [9.17, 15) is 14.7 Å². The highest BCUT2D eigenvalue weighted by Gasteiger charge is 2.38. The number of carbonyl (C=O) groups is 2. The van der Waals surface area contributed by atoms with E-state index in [0.717, 1.165) is 12.1 Å². The largest absolute Gasteiger partial charge is 0.465 e. The SMILES string of the molecule is CCc1cn2c(N)c(Cl)cc(C(=O)NCC3CCN(C(=O)O)C(C(C)(C)C)C3)c2n1. The van der Waals surface area contributed by atoms with Gasteiger partial charge in [-0.3, -0.25) is 9.20 Å². The lowest BCUT2D eigenvalue weighted by molar-refractivity contribution is 0.0402. The maximum absolute atomic E-state index is 12.9. The van der Waals surface area contributed by atoms with Crippen LogP contribution in [0.5, 0.6) is 0 Å². The molecule has 1 aliphatic rings. The minimum atomic E-state index is -0.887. The summed E-state index contributed by atoms with van der Waals surface area (Å²) in [5.74, 6) is 0.285. The maximum Gasteiger partial charge on any atom is 0.407 e. The number of piperidine rings is 1. The van der Waals surface area contributed by atoms with Crippen LogP contribution in [0.3, 0.4) is 0 Å². The molecule has 0 bridgehead atoms. The Kier molecular flexibility index (Phi) is 6.17. The third-order valence-electron chi connectivity index (χ3n) is 5.89. The van der Waals surface area contributed by atoms with Crippen molar-refractivity contribution in [3.8, 4) is 0 Å². The second-order valence-electron chi connectivity index (χ2n) is 9.03. The summed E-state index contributed by atoms with van der Waals surface area (Å²) >= 11 is 6.24. The number of carboxylic acid groups (broad SMARTS) is 1. The Morgan fingerprint density at radius 1 is 1.40 bits per heavy atom. The zero-order valence-corrected chi connectivity index (χ0v) is 18.7. The number of nitrogens with zero attached hydrogens (tertiary/aromatic N) is 3. The van der Waals surface area contributed by atoms with Crippen LogP contribution in [0.1, 0.15) is 56.6 Å². The average Bonchev–Trinajstić information content (AvgIpc) is 3.12. The number of nitrogens with one attached hydrogen (secondary N) is 1. The van der Waals surface area contributed by atoms with Gasteiger partial charge in [0.15, 0.2) is 5.65 Å². The van der Waals surface area contributed by atoms with Crippen LogP contribution in [0.2, 0.25) is 5.02 Å². The van der Waals surface area contributed by atoms with Crippen molar-refractivity contribution < 1.29 is 14.7 Å². The average molecular weight is 436 g/mol. The lowest BCUT2D eigenvalue weighted by Crippen LogP contribution is -2.52. The first-order valence-corrected chi connectivity index (χ1v) is 10.6. The van der Waals surface area contributed by atoms with E-state index in [1.807, 2.05) is 27.7 Å². The fourth-order valence-electron chi connectivity index (χ4n) is 4.13. The second-order valence-corrected chi connectivity index (χ2v) is 9.44. The third kappa shape index (κ3) is 4.33. The van der Waals surface area contributed by atoms with Crippen LogP contribution < -0.4 is 11.1 Å². The Morgan fingerprint density at radius 3 is 2.70 bits per heavy atom. The highest BCUT2D eigenvalue weighted by molar-refractivity contribution is 6.33. The van der Waals surface area contributed by atoms with Crippen molar-refractivity contribution in [2.75, 3.05) is 18.8 Å². The van der Waals surface area contributed by atoms with E-state index in [1.54, 1.807) is 16.7 Å². The number of halogens is 1. The topological polar surface area (TPSA) is 113 Å². The number of aryl methyl sites for hydroxylation is 1. The summed E-state index contributed by atoms with van der Waals surface area (Å²) in [6.07, 6.45) is 3.04. The molecule has 0 radical (unpaired) electrons. The number of anilines is 1. The number of fused-ring (bicyclic) bond motifs is 1. The Balaban J connectivity index is 1.75. The Morgan fingerprint density at radius 2 is 2.10 bits per heavy atom. The maximum atomic E-state index is 12.9. The fraction of sp³-hybridized carbons (Fsp3) is 0.571. The van der Waals surface area contributed by atoms with Crippen molar-refractivity contribution in [3.05, 3.63) is 28.5 Å². The van der Waals surface area contributed by atoms with E-state index in [-0.39, 0.29) is 23.3 Å². The van der Waals surface area contributed by atoms with E-state index >= 15 is 0 Å². The molecule has 2 unspecified atom stereocenters. The van der Waals surface area contributed by atoms with Gasteiger partial charge in [-0.15, -0.1) is 0 Å². The molecule has 2 aromatic rings. The van der Waals surface area contributed by atoms with Crippen LogP contribution in [0.25, 0.3) is 5.65 Å². The number of imidazole rings is 1. The van der Waals surface area contributed by atoms with Gasteiger partial charge in [0.05, 0.1) is 16.3 Å². The first kappa shape index (κ1) is 22.2. The number of carbonyl (C=O) groups excluding carboxylic acids is 1. The number of hydrogen-bond donors (Lipinski definition) is 3. The lowest BCUT2D eigenvalue weighted by Gasteiger charge is -2.44. The predicted octanol–water partition coefficient (Wildman–Crippen LogP) is 3.67. The standard InChI is InChI=1S/C21H30ClN5O3/c1-5-13-11-27-17(23)15(22)9-14(18(27)25-13)19(28)24-10-12-6-7-26(20(29)30)16(8-12)21(2,3)4/h9,11-12,16H,5-8,10,23H2,1-4H3,(H,24,28)(H,29,30). The second kappa shape index (κ2) is 8.34. The van der Waals surface area contributed by atoms with Gasteiger partial charge in [0, 0.05) is 25.3 Å². The molecule has 3 heterocycles. The van der Waals surface area contributed by atoms with Crippen LogP contribution in [0, 0.1) is 11.3 Å². The van der Waals surface area contributed by atoms with Crippen molar-refractivity contribution in [3.63, 3.8) is 0 Å². The van der Waals surface area contributed by atoms with Gasteiger partial charge in [-0.25, -0.2) is 9.78 Å². The van der Waals surface area contributed by atoms with E-state index in [4.69, 9.17) is 17.3 Å². The number of amides is 2. The van der Waals surface area contributed by atoms with E-state index in [1.165, 1.54) is 4.90 Å². The molecular formula is C21H30ClN5O3. The molecule has 1 saturated heterocycles. The van der Waals surface area contributed by atoms with Gasteiger partial charge in [-0.2, -0.15) is 0 Å². The fourth-order valence-corrected chi connectivity index (χ4v) is 4.33. The smallest absolute Gasteiger partial charge is 0.407 e. The van der Waals surface area contributed by atoms with Gasteiger partial charge >= 0.3 is 6.09 Å². The monoisotopic (exact) mass is 435 g/mol. The van der Waals surface area contributed by atoms with Crippen molar-refractivity contribution in [2.24, 2.45) is 11.3 Å². The molecule has 0 saturated carbocycles. The zero-order chi connectivity index (χ0) is 22.2. The van der Waals surface area contributed by atoms with Gasteiger partial charge < -0.3 is 21.1 Å². The predicted molar refractivity (Wildman–Crippen MR) is 117 cm³/mol. The molecule has 0 spiro atoms. The Bertz CT molecular complexity index is 966. The van der Waals surface area contributed by atoms with Crippen LogP contribution in [-0.4, -0.2) is 50.5 Å². The summed E-state index contributed by atoms with van der Waals surface area (Å²) in [7, 11) is 0. The van der Waals surface area contributed by atoms with Crippen molar-refractivity contribution in [2.45, 2.75) is 53.0 Å². The number of rotatable bonds is 4. The summed E-state index contributed by atoms with van der Waals surface area (Å²) < 4.78 is 1.65. The van der Waals surface area contributed by atoms with E-state index < -0.39 is 6.09 Å². The van der Waals surface area contributed by atoms with Crippen molar-refractivity contribution >= 4 is 35.1 Å². The van der Waals surface area contributed by atoms with Gasteiger partial charge in [0.2, 0.25) is 0 Å². The van der Waals surface area contributed by atoms with Gasteiger partial charge in [0.25, 0.3) is 5.91 Å². The highest BCUT2D eigenvalue weighted by atomic mass is 35.5. The van der Waals surface area contributed by atoms with Crippen molar-refractivity contribution in [1.82, 2.24) is 19.6 Å². The van der Waals surface area contributed by atoms with Gasteiger partial charge in [-0.1, -0.05) is 39.3 Å². The number of nitrogen functional groups attached to an aromatic ring is 1. The summed E-state index contributed by atoms with van der Waals surface area (Å²) in [4.78, 5) is 30.6. The summed E-state index contributed by atoms with van der Waals surface area (Å²) in [6, 6.07) is 1.46. The number of nitrogens with two attached hydrogens (primary N) is 1. The molecule has 8 nitrogen and oxygen atoms in total. The molecular weight excluding hydrogens is 406 g/mol. The molecule has 4 N–H and O–H groups in total. The zero-order valence-electron chi connectivity index (χ0n) is 17.9. The summed E-state index contributed by atoms with van der Waals surface area (Å²) in [5.41, 5.74) is 7.56. The molecule has 2 amide bonds. The Hall–Kier alpha value is -2.48. The van der Waals surface area contributed by atoms with Crippen LogP contribution in [0.4, 0.5) is 10.6 Å². The first-order valence-electron chi connectivity index (χ1n) is 10.3. The lowest BCUT2D eigenvalue weighted by atomic mass is 9.77. The minimum Gasteiger partial charge on any atom is -0.465 e. The molecule has 1 fully saturated rings. The number of hydrogen-bond acceptors (Lipinski definition) is 4. The molecule has 9 heteroatoms. The molecule has 3 rings (SSSR count). The summed E-state index contributed by atoms with van der Waals surface area (Å²) in [5, 5.41) is 12.8. The van der Waals surface area contributed by atoms with Crippen LogP contribution in [0.15, 0.2) is 12.3 Å². The Labute approximate surface area is 181 Å². The molecule has 1 aliphatic heterocycles. The number of aromatic nitrogens is 2. The normalized spacial score (nSPS) is 19.8. The molecule has 164 valence electrons. The highest BCUT2D eigenvalue weighted by Crippen LogP contribution is 2.34. The van der Waals surface area contributed by atoms with Gasteiger partial charge in [-0.05, 0) is 36.7 Å². The quantitative estimate of drug-likeness (QED) is 0.678. The van der Waals surface area contributed by atoms with Crippen LogP contribution >= 0.6 is 11.6 Å².